The van der Waals surface area contributed by atoms with Gasteiger partial charge in [0.05, 0.1) is 19.0 Å². The number of nitrogens with zero attached hydrogens (tertiary/aromatic N) is 3. The van der Waals surface area contributed by atoms with E-state index in [1.165, 1.54) is 50.1 Å². The summed E-state index contributed by atoms with van der Waals surface area (Å²) in [7, 11) is 1.25. The first-order valence-electron chi connectivity index (χ1n) is 8.96. The summed E-state index contributed by atoms with van der Waals surface area (Å²) < 4.78 is 44.6. The fourth-order valence-corrected chi connectivity index (χ4v) is 2.64. The van der Waals surface area contributed by atoms with Crippen LogP contribution in [-0.4, -0.2) is 33.5 Å². The van der Waals surface area contributed by atoms with E-state index in [4.69, 9.17) is 0 Å². The number of amides is 1. The van der Waals surface area contributed by atoms with Crippen molar-refractivity contribution < 1.29 is 27.5 Å². The molecule has 3 rings (SSSR count). The van der Waals surface area contributed by atoms with E-state index in [1.807, 2.05) is 0 Å². The molecule has 31 heavy (non-hydrogen) atoms. The van der Waals surface area contributed by atoms with Crippen LogP contribution in [-0.2, 0) is 22.3 Å². The average molecular weight is 430 g/mol. The highest BCUT2D eigenvalue weighted by molar-refractivity contribution is 6.01. The summed E-state index contributed by atoms with van der Waals surface area (Å²) in [6, 6.07) is 8.07. The van der Waals surface area contributed by atoms with Crippen LogP contribution in [0.3, 0.4) is 0 Å². The van der Waals surface area contributed by atoms with Gasteiger partial charge in [0.15, 0.2) is 5.82 Å². The minimum Gasteiger partial charge on any atom is -0.464 e. The van der Waals surface area contributed by atoms with Gasteiger partial charge < -0.3 is 14.6 Å². The maximum Gasteiger partial charge on any atom is 0.416 e. The Balaban J connectivity index is 1.59. The summed E-state index contributed by atoms with van der Waals surface area (Å²) in [5.41, 5.74) is 0.471. The van der Waals surface area contributed by atoms with Gasteiger partial charge in [0.2, 0.25) is 5.91 Å². The number of nitrogens with one attached hydrogen (secondary N) is 1. The highest BCUT2D eigenvalue weighted by Crippen LogP contribution is 2.29. The predicted molar refractivity (Wildman–Crippen MR) is 106 cm³/mol. The van der Waals surface area contributed by atoms with E-state index in [2.05, 4.69) is 20.0 Å². The number of aromatic nitrogens is 3. The molecule has 1 amide bonds. The Morgan fingerprint density at radius 2 is 2.00 bits per heavy atom. The second-order valence-electron chi connectivity index (χ2n) is 6.42. The van der Waals surface area contributed by atoms with Gasteiger partial charge in [-0.3, -0.25) is 4.79 Å². The second kappa shape index (κ2) is 9.24. The zero-order valence-corrected chi connectivity index (χ0v) is 16.3. The van der Waals surface area contributed by atoms with Crippen molar-refractivity contribution in [3.05, 3.63) is 83.6 Å². The SMILES string of the molecule is COC(=O)c1ccc(/C=C/C(=O)Nc2cn(Cc3cccc(C(F)(F)F)c3)cn2)cn1. The average Bonchev–Trinajstić information content (AvgIpc) is 3.18. The lowest BCUT2D eigenvalue weighted by molar-refractivity contribution is -0.137. The van der Waals surface area contributed by atoms with Crippen LogP contribution < -0.4 is 5.32 Å². The number of anilines is 1. The minimum absolute atomic E-state index is 0.149. The van der Waals surface area contributed by atoms with Crippen LogP contribution in [0.1, 0.15) is 27.2 Å². The molecule has 0 bridgehead atoms. The van der Waals surface area contributed by atoms with E-state index in [9.17, 15) is 22.8 Å². The maximum atomic E-state index is 12.8. The third-order valence-electron chi connectivity index (χ3n) is 4.11. The van der Waals surface area contributed by atoms with Crippen molar-refractivity contribution >= 4 is 23.8 Å². The molecule has 7 nitrogen and oxygen atoms in total. The number of carbonyl (C=O) groups excluding carboxylic acids is 2. The van der Waals surface area contributed by atoms with Crippen molar-refractivity contribution in [1.82, 2.24) is 14.5 Å². The van der Waals surface area contributed by atoms with Crippen LogP contribution in [0.25, 0.3) is 6.08 Å². The topological polar surface area (TPSA) is 86.1 Å². The molecule has 0 aliphatic carbocycles. The number of halogens is 3. The number of ether oxygens (including phenoxy) is 1. The van der Waals surface area contributed by atoms with E-state index < -0.39 is 23.6 Å². The molecule has 3 aromatic rings. The van der Waals surface area contributed by atoms with Gasteiger partial charge in [-0.15, -0.1) is 0 Å². The Hall–Kier alpha value is -3.95. The number of imidazole rings is 1. The Morgan fingerprint density at radius 1 is 1.19 bits per heavy atom. The molecule has 160 valence electrons. The molecule has 10 heteroatoms. The molecule has 0 unspecified atom stereocenters. The molecular formula is C21H17F3N4O3. The zero-order chi connectivity index (χ0) is 22.4. The molecule has 0 atom stereocenters. The monoisotopic (exact) mass is 430 g/mol. The second-order valence-corrected chi connectivity index (χ2v) is 6.42. The molecule has 1 N–H and O–H groups in total. The van der Waals surface area contributed by atoms with Crippen molar-refractivity contribution in [2.45, 2.75) is 12.7 Å². The highest BCUT2D eigenvalue weighted by atomic mass is 19.4. The fourth-order valence-electron chi connectivity index (χ4n) is 2.64. The van der Waals surface area contributed by atoms with Gasteiger partial charge in [-0.1, -0.05) is 18.2 Å². The summed E-state index contributed by atoms with van der Waals surface area (Å²) in [5.74, 6) is -0.767. The summed E-state index contributed by atoms with van der Waals surface area (Å²) in [6.07, 6.45) is 2.70. The van der Waals surface area contributed by atoms with Crippen molar-refractivity contribution in [3.63, 3.8) is 0 Å². The van der Waals surface area contributed by atoms with Crippen LogP contribution in [0.2, 0.25) is 0 Å². The molecule has 0 saturated carbocycles. The minimum atomic E-state index is -4.41. The van der Waals surface area contributed by atoms with E-state index in [1.54, 1.807) is 16.7 Å². The quantitative estimate of drug-likeness (QED) is 0.475. The molecule has 2 heterocycles. The van der Waals surface area contributed by atoms with E-state index >= 15 is 0 Å². The smallest absolute Gasteiger partial charge is 0.416 e. The Kier molecular flexibility index (Phi) is 6.49. The number of rotatable bonds is 6. The Morgan fingerprint density at radius 3 is 2.68 bits per heavy atom. The summed E-state index contributed by atoms with van der Waals surface area (Å²) >= 11 is 0. The normalized spacial score (nSPS) is 11.5. The first-order chi connectivity index (χ1) is 14.7. The Bertz CT molecular complexity index is 1110. The molecule has 0 radical (unpaired) electrons. The van der Waals surface area contributed by atoms with Crippen LogP contribution in [0, 0.1) is 0 Å². The zero-order valence-electron chi connectivity index (χ0n) is 16.3. The van der Waals surface area contributed by atoms with E-state index in [0.717, 1.165) is 12.1 Å². The molecular weight excluding hydrogens is 413 g/mol. The third-order valence-corrected chi connectivity index (χ3v) is 4.11. The van der Waals surface area contributed by atoms with Gasteiger partial charge in [0.25, 0.3) is 0 Å². The number of alkyl halides is 3. The number of pyridine rings is 1. The van der Waals surface area contributed by atoms with Gasteiger partial charge in [0.1, 0.15) is 5.69 Å². The van der Waals surface area contributed by atoms with Crippen molar-refractivity contribution in [3.8, 4) is 0 Å². The van der Waals surface area contributed by atoms with E-state index in [0.29, 0.717) is 11.1 Å². The number of hydrogen-bond acceptors (Lipinski definition) is 5. The number of carbonyl (C=O) groups is 2. The van der Waals surface area contributed by atoms with Gasteiger partial charge >= 0.3 is 12.1 Å². The standard InChI is InChI=1S/C21H17F3N4O3/c1-31-20(30)17-7-5-14(10-25-17)6-8-19(29)27-18-12-28(13-26-18)11-15-3-2-4-16(9-15)21(22,23)24/h2-10,12-13H,11H2,1H3,(H,27,29)/b8-6+. The molecule has 0 aliphatic heterocycles. The first-order valence-corrected chi connectivity index (χ1v) is 8.96. The fraction of sp³-hybridized carbons (Fsp3) is 0.143. The number of esters is 1. The van der Waals surface area contributed by atoms with Gasteiger partial charge in [0, 0.05) is 25.0 Å². The lowest BCUT2D eigenvalue weighted by Crippen LogP contribution is -2.08. The molecule has 1 aromatic carbocycles. The molecule has 0 aliphatic rings. The molecule has 0 saturated heterocycles. The number of methoxy groups -OCH3 is 1. The van der Waals surface area contributed by atoms with Gasteiger partial charge in [-0.05, 0) is 35.4 Å². The maximum absolute atomic E-state index is 12.8. The summed E-state index contributed by atoms with van der Waals surface area (Å²) in [5, 5.41) is 2.56. The number of benzene rings is 1. The van der Waals surface area contributed by atoms with E-state index in [-0.39, 0.29) is 18.1 Å². The van der Waals surface area contributed by atoms with Crippen LogP contribution in [0.4, 0.5) is 19.0 Å². The predicted octanol–water partition coefficient (Wildman–Crippen LogP) is 3.78. The first kappa shape index (κ1) is 21.8. The van der Waals surface area contributed by atoms with Crippen LogP contribution >= 0.6 is 0 Å². The van der Waals surface area contributed by atoms with Crippen molar-refractivity contribution in [1.29, 1.82) is 0 Å². The van der Waals surface area contributed by atoms with Gasteiger partial charge in [-0.25, -0.2) is 14.8 Å². The largest absolute Gasteiger partial charge is 0.464 e. The van der Waals surface area contributed by atoms with Crippen LogP contribution in [0.5, 0.6) is 0 Å². The number of hydrogen-bond donors (Lipinski definition) is 1. The van der Waals surface area contributed by atoms with Crippen molar-refractivity contribution in [2.24, 2.45) is 0 Å². The van der Waals surface area contributed by atoms with Crippen LogP contribution in [0.15, 0.2) is 61.2 Å². The Labute approximate surface area is 175 Å². The summed E-state index contributed by atoms with van der Waals surface area (Å²) in [6.45, 7) is 0.168. The van der Waals surface area contributed by atoms with Crippen molar-refractivity contribution in [2.75, 3.05) is 12.4 Å². The molecule has 0 spiro atoms. The third kappa shape index (κ3) is 6.01. The molecule has 0 fully saturated rings. The van der Waals surface area contributed by atoms with Gasteiger partial charge in [-0.2, -0.15) is 13.2 Å². The summed E-state index contributed by atoms with van der Waals surface area (Å²) in [4.78, 5) is 31.4. The lowest BCUT2D eigenvalue weighted by Gasteiger charge is -2.09. The lowest BCUT2D eigenvalue weighted by atomic mass is 10.1. The highest BCUT2D eigenvalue weighted by Gasteiger charge is 2.30. The molecule has 2 aromatic heterocycles.